The molecule has 0 fully saturated rings. The van der Waals surface area contributed by atoms with Crippen LogP contribution in [0, 0.1) is 0 Å². The van der Waals surface area contributed by atoms with Crippen molar-refractivity contribution in [2.75, 3.05) is 11.8 Å². The maximum absolute atomic E-state index is 12.4. The molecule has 0 aromatic heterocycles. The second-order valence-electron chi connectivity index (χ2n) is 4.81. The summed E-state index contributed by atoms with van der Waals surface area (Å²) in [5, 5.41) is 2.96. The summed E-state index contributed by atoms with van der Waals surface area (Å²) in [7, 11) is 0. The third-order valence-electron chi connectivity index (χ3n) is 3.52. The molecule has 1 unspecified atom stereocenters. The van der Waals surface area contributed by atoms with Crippen LogP contribution in [0.25, 0.3) is 0 Å². The van der Waals surface area contributed by atoms with Crippen molar-refractivity contribution in [1.82, 2.24) is 5.32 Å². The van der Waals surface area contributed by atoms with Crippen molar-refractivity contribution in [2.45, 2.75) is 35.4 Å². The van der Waals surface area contributed by atoms with Gasteiger partial charge in [-0.05, 0) is 24.5 Å². The van der Waals surface area contributed by atoms with Gasteiger partial charge in [-0.2, -0.15) is 0 Å². The number of nitrogens with one attached hydrogen (secondary N) is 1. The Kier molecular flexibility index (Phi) is 5.04. The zero-order valence-electron chi connectivity index (χ0n) is 10.8. The molecule has 1 aliphatic heterocycles. The van der Waals surface area contributed by atoms with E-state index in [9.17, 15) is 4.79 Å². The van der Waals surface area contributed by atoms with E-state index in [1.165, 1.54) is 10.5 Å². The smallest absolute Gasteiger partial charge is 0.234 e. The first kappa shape index (κ1) is 15.0. The summed E-state index contributed by atoms with van der Waals surface area (Å²) in [6.07, 6.45) is 1.51. The van der Waals surface area contributed by atoms with Gasteiger partial charge in [0.2, 0.25) is 5.91 Å². The van der Waals surface area contributed by atoms with Gasteiger partial charge in [-0.1, -0.05) is 25.1 Å². The van der Waals surface area contributed by atoms with Crippen molar-refractivity contribution in [1.29, 1.82) is 0 Å². The number of thioether (sulfide) groups is 1. The standard InChI is InChI=1S/C14H17Cl2NOS/c1-2-14(8-15,9-16)17-13(18)12-7-10-5-3-4-6-11(10)19-12/h3-6,12H,2,7-9H2,1H3,(H,17,18). The minimum absolute atomic E-state index is 0.0318. The average molecular weight is 318 g/mol. The number of hydrogen-bond donors (Lipinski definition) is 1. The van der Waals surface area contributed by atoms with Crippen LogP contribution in [0.1, 0.15) is 18.9 Å². The molecular formula is C14H17Cl2NOS. The number of amides is 1. The van der Waals surface area contributed by atoms with Gasteiger partial charge in [-0.25, -0.2) is 0 Å². The lowest BCUT2D eigenvalue weighted by molar-refractivity contribution is -0.122. The Morgan fingerprint density at radius 3 is 2.68 bits per heavy atom. The van der Waals surface area contributed by atoms with Gasteiger partial charge in [0, 0.05) is 16.7 Å². The quantitative estimate of drug-likeness (QED) is 0.843. The SMILES string of the molecule is CCC(CCl)(CCl)NC(=O)C1Cc2ccccc2S1. The van der Waals surface area contributed by atoms with Crippen molar-refractivity contribution >= 4 is 40.9 Å². The van der Waals surface area contributed by atoms with E-state index >= 15 is 0 Å². The minimum atomic E-state index is -0.491. The fourth-order valence-corrected chi connectivity index (χ4v) is 4.04. The molecule has 104 valence electrons. The third kappa shape index (κ3) is 3.21. The number of rotatable bonds is 5. The van der Waals surface area contributed by atoms with E-state index in [0.29, 0.717) is 11.8 Å². The summed E-state index contributed by atoms with van der Waals surface area (Å²) in [6.45, 7) is 1.99. The predicted octanol–water partition coefficient (Wildman–Crippen LogP) is 3.45. The highest BCUT2D eigenvalue weighted by Crippen LogP contribution is 2.37. The summed E-state index contributed by atoms with van der Waals surface area (Å²) >= 11 is 13.5. The molecular weight excluding hydrogens is 301 g/mol. The van der Waals surface area contributed by atoms with Crippen LogP contribution in [0.5, 0.6) is 0 Å². The molecule has 0 bridgehead atoms. The normalized spacial score (nSPS) is 18.2. The summed E-state index contributed by atoms with van der Waals surface area (Å²) in [5.41, 5.74) is 0.752. The van der Waals surface area contributed by atoms with E-state index in [4.69, 9.17) is 23.2 Å². The van der Waals surface area contributed by atoms with Gasteiger partial charge in [-0.3, -0.25) is 4.79 Å². The van der Waals surface area contributed by atoms with Crippen LogP contribution in [0.4, 0.5) is 0 Å². The molecule has 1 amide bonds. The van der Waals surface area contributed by atoms with Crippen LogP contribution < -0.4 is 5.32 Å². The summed E-state index contributed by atoms with van der Waals surface area (Å²) in [4.78, 5) is 13.6. The number of fused-ring (bicyclic) bond motifs is 1. The number of hydrogen-bond acceptors (Lipinski definition) is 2. The molecule has 5 heteroatoms. The fraction of sp³-hybridized carbons (Fsp3) is 0.500. The van der Waals surface area contributed by atoms with Crippen LogP contribution in [-0.2, 0) is 11.2 Å². The van der Waals surface area contributed by atoms with Crippen molar-refractivity contribution in [3.8, 4) is 0 Å². The van der Waals surface area contributed by atoms with E-state index in [1.807, 2.05) is 19.1 Å². The predicted molar refractivity (Wildman–Crippen MR) is 82.4 cm³/mol. The Bertz CT molecular complexity index is 429. The van der Waals surface area contributed by atoms with Crippen LogP contribution >= 0.6 is 35.0 Å². The van der Waals surface area contributed by atoms with Crippen molar-refractivity contribution in [2.24, 2.45) is 0 Å². The zero-order valence-corrected chi connectivity index (χ0v) is 13.1. The molecule has 0 spiro atoms. The van der Waals surface area contributed by atoms with Crippen molar-refractivity contribution in [3.05, 3.63) is 29.8 Å². The molecule has 0 radical (unpaired) electrons. The first-order valence-corrected chi connectivity index (χ1v) is 8.27. The Morgan fingerprint density at radius 2 is 2.11 bits per heavy atom. The first-order valence-electron chi connectivity index (χ1n) is 6.32. The third-order valence-corrected chi connectivity index (χ3v) is 5.86. The molecule has 1 aromatic rings. The van der Waals surface area contributed by atoms with E-state index in [1.54, 1.807) is 11.8 Å². The Hall–Kier alpha value is -0.380. The highest BCUT2D eigenvalue weighted by molar-refractivity contribution is 8.01. The molecule has 1 aromatic carbocycles. The fourth-order valence-electron chi connectivity index (χ4n) is 2.05. The van der Waals surface area contributed by atoms with Crippen LogP contribution in [-0.4, -0.2) is 28.5 Å². The number of halogens is 2. The van der Waals surface area contributed by atoms with Crippen LogP contribution in [0.3, 0.4) is 0 Å². The van der Waals surface area contributed by atoms with Crippen molar-refractivity contribution in [3.63, 3.8) is 0 Å². The second kappa shape index (κ2) is 6.38. The minimum Gasteiger partial charge on any atom is -0.347 e. The van der Waals surface area contributed by atoms with Gasteiger partial charge in [0.15, 0.2) is 0 Å². The number of benzene rings is 1. The highest BCUT2D eigenvalue weighted by Gasteiger charge is 2.34. The van der Waals surface area contributed by atoms with Gasteiger partial charge in [0.25, 0.3) is 0 Å². The molecule has 0 saturated heterocycles. The summed E-state index contributed by atoms with van der Waals surface area (Å²) in [6, 6.07) is 8.14. The lowest BCUT2D eigenvalue weighted by Gasteiger charge is -2.30. The van der Waals surface area contributed by atoms with Gasteiger partial charge in [-0.15, -0.1) is 35.0 Å². The summed E-state index contributed by atoms with van der Waals surface area (Å²) < 4.78 is 0. The van der Waals surface area contributed by atoms with E-state index in [-0.39, 0.29) is 11.2 Å². The maximum Gasteiger partial charge on any atom is 0.234 e. The molecule has 2 nitrogen and oxygen atoms in total. The number of alkyl halides is 2. The lowest BCUT2D eigenvalue weighted by Crippen LogP contribution is -2.53. The average Bonchev–Trinajstić information content (AvgIpc) is 2.89. The lowest BCUT2D eigenvalue weighted by atomic mass is 10.0. The largest absolute Gasteiger partial charge is 0.347 e. The molecule has 0 aliphatic carbocycles. The summed E-state index contributed by atoms with van der Waals surface area (Å²) in [5.74, 6) is 0.705. The van der Waals surface area contributed by atoms with Gasteiger partial charge in [0.1, 0.15) is 0 Å². The van der Waals surface area contributed by atoms with Crippen LogP contribution in [0.15, 0.2) is 29.2 Å². The molecule has 2 rings (SSSR count). The van der Waals surface area contributed by atoms with Gasteiger partial charge in [0.05, 0.1) is 10.8 Å². The van der Waals surface area contributed by atoms with Gasteiger partial charge < -0.3 is 5.32 Å². The zero-order chi connectivity index (χ0) is 13.9. The molecule has 1 heterocycles. The van der Waals surface area contributed by atoms with Crippen molar-refractivity contribution < 1.29 is 4.79 Å². The van der Waals surface area contributed by atoms with E-state index in [0.717, 1.165) is 12.8 Å². The number of carbonyl (C=O) groups excluding carboxylic acids is 1. The first-order chi connectivity index (χ1) is 9.14. The molecule has 19 heavy (non-hydrogen) atoms. The topological polar surface area (TPSA) is 29.1 Å². The van der Waals surface area contributed by atoms with E-state index < -0.39 is 5.54 Å². The molecule has 1 aliphatic rings. The Labute approximate surface area is 128 Å². The monoisotopic (exact) mass is 317 g/mol. The number of carbonyl (C=O) groups is 1. The van der Waals surface area contributed by atoms with E-state index in [2.05, 4.69) is 17.4 Å². The highest BCUT2D eigenvalue weighted by atomic mass is 35.5. The van der Waals surface area contributed by atoms with Gasteiger partial charge >= 0.3 is 0 Å². The molecule has 0 saturated carbocycles. The van der Waals surface area contributed by atoms with Crippen LogP contribution in [0.2, 0.25) is 0 Å². The molecule has 1 atom stereocenters. The Balaban J connectivity index is 2.03. The second-order valence-corrected chi connectivity index (χ2v) is 6.59. The Morgan fingerprint density at radius 1 is 1.42 bits per heavy atom. The molecule has 1 N–H and O–H groups in total. The maximum atomic E-state index is 12.4.